The minimum atomic E-state index is -0.668. The lowest BCUT2D eigenvalue weighted by Crippen LogP contribution is -2.01. The fraction of sp³-hybridized carbons (Fsp3) is 0.0667. The van der Waals surface area contributed by atoms with Crippen LogP contribution in [-0.4, -0.2) is 22.5 Å². The van der Waals surface area contributed by atoms with E-state index in [0.717, 1.165) is 6.29 Å². The van der Waals surface area contributed by atoms with E-state index in [1.807, 2.05) is 6.07 Å². The summed E-state index contributed by atoms with van der Waals surface area (Å²) in [6.07, 6.45) is 3.81. The standard InChI is InChI=1S/C15H10ClN3O2/c16-11-4-5-13-12(7-11)19-15(21-13)10(9-20)8-18-14-3-1-2-6-17-14/h1-10H/b18-8+. The Kier molecular flexibility index (Phi) is 3.75. The van der Waals surface area contributed by atoms with Crippen LogP contribution in [0.25, 0.3) is 11.1 Å². The van der Waals surface area contributed by atoms with E-state index >= 15 is 0 Å². The van der Waals surface area contributed by atoms with Gasteiger partial charge in [-0.1, -0.05) is 17.7 Å². The van der Waals surface area contributed by atoms with Crippen molar-refractivity contribution in [1.29, 1.82) is 0 Å². The van der Waals surface area contributed by atoms with Gasteiger partial charge in [-0.25, -0.2) is 15.0 Å². The van der Waals surface area contributed by atoms with Crippen LogP contribution in [0, 0.1) is 0 Å². The third-order valence-corrected chi connectivity index (χ3v) is 3.05. The van der Waals surface area contributed by atoms with E-state index < -0.39 is 5.92 Å². The van der Waals surface area contributed by atoms with Crippen LogP contribution in [0.5, 0.6) is 0 Å². The van der Waals surface area contributed by atoms with Gasteiger partial charge in [-0.05, 0) is 30.3 Å². The largest absolute Gasteiger partial charge is 0.440 e. The number of pyridine rings is 1. The van der Waals surface area contributed by atoms with E-state index in [1.54, 1.807) is 36.5 Å². The van der Waals surface area contributed by atoms with E-state index in [4.69, 9.17) is 16.0 Å². The molecule has 0 N–H and O–H groups in total. The molecule has 3 rings (SSSR count). The number of nitrogens with zero attached hydrogens (tertiary/aromatic N) is 3. The van der Waals surface area contributed by atoms with Gasteiger partial charge in [-0.15, -0.1) is 0 Å². The molecule has 104 valence electrons. The number of rotatable bonds is 4. The van der Waals surface area contributed by atoms with Gasteiger partial charge in [-0.2, -0.15) is 0 Å². The number of benzene rings is 1. The van der Waals surface area contributed by atoms with Gasteiger partial charge < -0.3 is 9.21 Å². The molecule has 0 aliphatic carbocycles. The van der Waals surface area contributed by atoms with Crippen LogP contribution in [0.3, 0.4) is 0 Å². The summed E-state index contributed by atoms with van der Waals surface area (Å²) in [6.45, 7) is 0. The maximum atomic E-state index is 11.2. The highest BCUT2D eigenvalue weighted by Crippen LogP contribution is 2.23. The molecule has 0 aliphatic heterocycles. The summed E-state index contributed by atoms with van der Waals surface area (Å²) in [5.74, 6) is 0.128. The monoisotopic (exact) mass is 299 g/mol. The lowest BCUT2D eigenvalue weighted by Gasteiger charge is -1.97. The zero-order valence-corrected chi connectivity index (χ0v) is 11.6. The number of hydrogen-bond acceptors (Lipinski definition) is 5. The number of aldehydes is 1. The Balaban J connectivity index is 1.91. The highest BCUT2D eigenvalue weighted by Gasteiger charge is 2.15. The van der Waals surface area contributed by atoms with Crippen LogP contribution < -0.4 is 0 Å². The van der Waals surface area contributed by atoms with E-state index in [2.05, 4.69) is 15.0 Å². The van der Waals surface area contributed by atoms with Crippen LogP contribution in [0.15, 0.2) is 52.0 Å². The second-order valence-corrected chi connectivity index (χ2v) is 4.73. The predicted molar refractivity (Wildman–Crippen MR) is 80.2 cm³/mol. The quantitative estimate of drug-likeness (QED) is 0.545. The van der Waals surface area contributed by atoms with Gasteiger partial charge in [0.25, 0.3) is 0 Å². The molecule has 21 heavy (non-hydrogen) atoms. The van der Waals surface area contributed by atoms with E-state index in [1.165, 1.54) is 6.21 Å². The molecule has 0 spiro atoms. The fourth-order valence-electron chi connectivity index (χ4n) is 1.80. The SMILES string of the molecule is O=CC(/C=N/c1ccccn1)c1nc2cc(Cl)ccc2o1. The number of hydrogen-bond donors (Lipinski definition) is 0. The highest BCUT2D eigenvalue weighted by atomic mass is 35.5. The summed E-state index contributed by atoms with van der Waals surface area (Å²) in [4.78, 5) is 23.7. The van der Waals surface area contributed by atoms with Gasteiger partial charge in [-0.3, -0.25) is 0 Å². The summed E-state index contributed by atoms with van der Waals surface area (Å²) in [6, 6.07) is 10.5. The molecule has 0 saturated heterocycles. The molecule has 0 saturated carbocycles. The molecule has 1 unspecified atom stereocenters. The molecule has 3 aromatic rings. The average molecular weight is 300 g/mol. The Morgan fingerprint density at radius 1 is 1.29 bits per heavy atom. The average Bonchev–Trinajstić information content (AvgIpc) is 2.92. The highest BCUT2D eigenvalue weighted by molar-refractivity contribution is 6.31. The van der Waals surface area contributed by atoms with Crippen LogP contribution >= 0.6 is 11.6 Å². The topological polar surface area (TPSA) is 68.3 Å². The zero-order chi connectivity index (χ0) is 14.7. The van der Waals surface area contributed by atoms with Crippen molar-refractivity contribution in [1.82, 2.24) is 9.97 Å². The van der Waals surface area contributed by atoms with Crippen LogP contribution in [0.1, 0.15) is 11.8 Å². The van der Waals surface area contributed by atoms with Crippen LogP contribution in [-0.2, 0) is 4.79 Å². The molecule has 2 heterocycles. The van der Waals surface area contributed by atoms with Crippen molar-refractivity contribution < 1.29 is 9.21 Å². The van der Waals surface area contributed by atoms with Crippen LogP contribution in [0.2, 0.25) is 5.02 Å². The fourth-order valence-corrected chi connectivity index (χ4v) is 1.97. The molecule has 2 aromatic heterocycles. The second-order valence-electron chi connectivity index (χ2n) is 4.29. The molecule has 1 aromatic carbocycles. The minimum absolute atomic E-state index is 0.280. The molecule has 0 fully saturated rings. The van der Waals surface area contributed by atoms with Gasteiger partial charge >= 0.3 is 0 Å². The smallest absolute Gasteiger partial charge is 0.211 e. The molecule has 1 atom stereocenters. The zero-order valence-electron chi connectivity index (χ0n) is 10.8. The van der Waals surface area contributed by atoms with Crippen molar-refractivity contribution in [2.45, 2.75) is 5.92 Å². The van der Waals surface area contributed by atoms with Gasteiger partial charge in [0, 0.05) is 17.4 Å². The first-order valence-corrected chi connectivity index (χ1v) is 6.60. The molecule has 0 bridgehead atoms. The predicted octanol–water partition coefficient (Wildman–Crippen LogP) is 3.56. The van der Waals surface area contributed by atoms with Crippen molar-refractivity contribution >= 4 is 41.0 Å². The van der Waals surface area contributed by atoms with Crippen molar-refractivity contribution in [3.8, 4) is 0 Å². The summed E-state index contributed by atoms with van der Waals surface area (Å²) < 4.78 is 5.55. The molecule has 0 aliphatic rings. The van der Waals surface area contributed by atoms with Crippen molar-refractivity contribution in [2.24, 2.45) is 4.99 Å². The van der Waals surface area contributed by atoms with E-state index in [0.29, 0.717) is 21.9 Å². The number of halogens is 1. The number of oxazole rings is 1. The summed E-state index contributed by atoms with van der Waals surface area (Å²) in [5, 5.41) is 0.562. The van der Waals surface area contributed by atoms with Crippen LogP contribution in [0.4, 0.5) is 5.82 Å². The van der Waals surface area contributed by atoms with E-state index in [-0.39, 0.29) is 5.89 Å². The van der Waals surface area contributed by atoms with Gasteiger partial charge in [0.15, 0.2) is 11.4 Å². The molecular weight excluding hydrogens is 290 g/mol. The third kappa shape index (κ3) is 2.98. The Labute approximate surface area is 125 Å². The maximum absolute atomic E-state index is 11.2. The number of carbonyl (C=O) groups excluding carboxylic acids is 1. The first-order chi connectivity index (χ1) is 10.3. The third-order valence-electron chi connectivity index (χ3n) is 2.81. The normalized spacial score (nSPS) is 12.8. The number of fused-ring (bicyclic) bond motifs is 1. The first-order valence-electron chi connectivity index (χ1n) is 6.23. The Morgan fingerprint density at radius 2 is 2.19 bits per heavy atom. The lowest BCUT2D eigenvalue weighted by molar-refractivity contribution is -0.108. The second kappa shape index (κ2) is 5.85. The lowest BCUT2D eigenvalue weighted by atomic mass is 10.2. The summed E-state index contributed by atoms with van der Waals surface area (Å²) >= 11 is 5.90. The Morgan fingerprint density at radius 3 is 2.95 bits per heavy atom. The van der Waals surface area contributed by atoms with Gasteiger partial charge in [0.05, 0.1) is 0 Å². The molecule has 0 radical (unpaired) electrons. The molecule has 5 nitrogen and oxygen atoms in total. The summed E-state index contributed by atoms with van der Waals surface area (Å²) in [5.41, 5.74) is 1.18. The van der Waals surface area contributed by atoms with Crippen molar-refractivity contribution in [2.75, 3.05) is 0 Å². The van der Waals surface area contributed by atoms with Crippen molar-refractivity contribution in [3.63, 3.8) is 0 Å². The van der Waals surface area contributed by atoms with Gasteiger partial charge in [0.2, 0.25) is 5.89 Å². The Bertz CT molecular complexity index is 799. The molecular formula is C15H10ClN3O2. The Hall–Kier alpha value is -2.53. The minimum Gasteiger partial charge on any atom is -0.440 e. The number of aromatic nitrogens is 2. The van der Waals surface area contributed by atoms with Gasteiger partial charge in [0.1, 0.15) is 17.7 Å². The van der Waals surface area contributed by atoms with E-state index in [9.17, 15) is 4.79 Å². The number of aliphatic imine (C=N–C) groups is 1. The number of carbonyl (C=O) groups is 1. The maximum Gasteiger partial charge on any atom is 0.211 e. The first kappa shape index (κ1) is 13.5. The summed E-state index contributed by atoms with van der Waals surface area (Å²) in [7, 11) is 0. The molecule has 6 heteroatoms. The van der Waals surface area contributed by atoms with Crippen molar-refractivity contribution in [3.05, 3.63) is 53.5 Å². The molecule has 0 amide bonds.